The summed E-state index contributed by atoms with van der Waals surface area (Å²) in [6.07, 6.45) is 1.18. The first-order valence-corrected chi connectivity index (χ1v) is 12.0. The Bertz CT molecular complexity index is 1270. The lowest BCUT2D eigenvalue weighted by molar-refractivity contribution is 0.510. The van der Waals surface area contributed by atoms with Crippen LogP contribution in [-0.4, -0.2) is 24.3 Å². The molecule has 0 saturated heterocycles. The average Bonchev–Trinajstić information content (AvgIpc) is 3.26. The molecule has 0 amide bonds. The molecule has 2 aromatic carbocycles. The van der Waals surface area contributed by atoms with E-state index in [0.717, 1.165) is 23.7 Å². The minimum absolute atomic E-state index is 0.0104. The molecule has 164 valence electrons. The van der Waals surface area contributed by atoms with Gasteiger partial charge >= 0.3 is 0 Å². The fourth-order valence-corrected chi connectivity index (χ4v) is 5.91. The molecule has 3 aromatic rings. The fraction of sp³-hybridized carbons (Fsp3) is 0.263. The van der Waals surface area contributed by atoms with Gasteiger partial charge in [-0.25, -0.2) is 22.2 Å². The molecule has 6 nitrogen and oxygen atoms in total. The second-order valence-electron chi connectivity index (χ2n) is 7.72. The number of benzene rings is 2. The van der Waals surface area contributed by atoms with Gasteiger partial charge in [0.05, 0.1) is 5.02 Å². The SMILES string of the molecule is CC1(C)CN(Cc2cc(F)c(S(=O)(=O)Nc3ncns3)cc2Cl)c2ccc(Cl)c(F)c21. The van der Waals surface area contributed by atoms with Gasteiger partial charge < -0.3 is 4.90 Å². The van der Waals surface area contributed by atoms with Crippen LogP contribution >= 0.6 is 34.7 Å². The Kier molecular flexibility index (Phi) is 5.61. The molecular formula is C19H16Cl2F2N4O2S2. The van der Waals surface area contributed by atoms with E-state index in [1.807, 2.05) is 18.7 Å². The number of nitrogens with one attached hydrogen (secondary N) is 1. The summed E-state index contributed by atoms with van der Waals surface area (Å²) in [7, 11) is -4.24. The van der Waals surface area contributed by atoms with Gasteiger partial charge in [-0.3, -0.25) is 4.72 Å². The van der Waals surface area contributed by atoms with E-state index >= 15 is 0 Å². The van der Waals surface area contributed by atoms with Gasteiger partial charge in [0.1, 0.15) is 22.9 Å². The minimum atomic E-state index is -4.24. The molecule has 0 unspecified atom stereocenters. The molecule has 2 heterocycles. The quantitative estimate of drug-likeness (QED) is 0.515. The van der Waals surface area contributed by atoms with Gasteiger partial charge in [-0.05, 0) is 29.8 Å². The lowest BCUT2D eigenvalue weighted by atomic mass is 9.86. The van der Waals surface area contributed by atoms with E-state index in [0.29, 0.717) is 23.4 Å². The molecule has 1 N–H and O–H groups in total. The maximum atomic E-state index is 14.8. The smallest absolute Gasteiger partial charge is 0.266 e. The van der Waals surface area contributed by atoms with Crippen LogP contribution in [0.25, 0.3) is 0 Å². The summed E-state index contributed by atoms with van der Waals surface area (Å²) < 4.78 is 60.3. The van der Waals surface area contributed by atoms with Crippen LogP contribution < -0.4 is 9.62 Å². The Labute approximate surface area is 192 Å². The van der Waals surface area contributed by atoms with Gasteiger partial charge in [0.2, 0.25) is 5.13 Å². The van der Waals surface area contributed by atoms with Crippen molar-refractivity contribution in [3.05, 3.63) is 63.4 Å². The summed E-state index contributed by atoms with van der Waals surface area (Å²) in [6, 6.07) is 5.32. The van der Waals surface area contributed by atoms with Crippen LogP contribution in [0.4, 0.5) is 19.6 Å². The van der Waals surface area contributed by atoms with Crippen LogP contribution in [0.3, 0.4) is 0 Å². The summed E-state index contributed by atoms with van der Waals surface area (Å²) in [5, 5.41) is 0.117. The standard InChI is InChI=1S/C19H16Cl2F2N4O2S2/c1-19(2)8-27(14-4-3-11(20)17(23)16(14)19)7-10-5-13(22)15(6-12(10)21)31(28,29)26-18-24-9-25-30-18/h3-6,9H,7-8H2,1-2H3,(H,24,25,26). The predicted octanol–water partition coefficient (Wildman–Crippen LogP) is 5.22. The Morgan fingerprint density at radius 1 is 1.23 bits per heavy atom. The Balaban J connectivity index is 1.66. The van der Waals surface area contributed by atoms with Crippen LogP contribution in [0.1, 0.15) is 25.0 Å². The maximum Gasteiger partial charge on any atom is 0.266 e. The third-order valence-corrected chi connectivity index (χ3v) is 7.72. The molecule has 0 radical (unpaired) electrons. The number of anilines is 2. The minimum Gasteiger partial charge on any atom is -0.366 e. The summed E-state index contributed by atoms with van der Waals surface area (Å²) in [6.45, 7) is 4.40. The zero-order chi connectivity index (χ0) is 22.6. The third-order valence-electron chi connectivity index (χ3n) is 5.01. The number of hydrogen-bond donors (Lipinski definition) is 1. The van der Waals surface area contributed by atoms with E-state index < -0.39 is 32.0 Å². The van der Waals surface area contributed by atoms with E-state index in [9.17, 15) is 17.2 Å². The number of sulfonamides is 1. The second-order valence-corrected chi connectivity index (χ2v) is 11.0. The normalized spacial score (nSPS) is 15.2. The summed E-state index contributed by atoms with van der Waals surface area (Å²) >= 11 is 13.1. The van der Waals surface area contributed by atoms with Crippen molar-refractivity contribution in [2.24, 2.45) is 0 Å². The van der Waals surface area contributed by atoms with E-state index in [2.05, 4.69) is 14.1 Å². The van der Waals surface area contributed by atoms with E-state index in [1.54, 1.807) is 6.07 Å². The van der Waals surface area contributed by atoms with Gasteiger partial charge in [0.25, 0.3) is 10.0 Å². The molecule has 31 heavy (non-hydrogen) atoms. The number of hydrogen-bond acceptors (Lipinski definition) is 6. The Hall–Kier alpha value is -2.01. The lowest BCUT2D eigenvalue weighted by Gasteiger charge is -2.23. The maximum absolute atomic E-state index is 14.8. The van der Waals surface area contributed by atoms with Crippen molar-refractivity contribution in [2.75, 3.05) is 16.2 Å². The Morgan fingerprint density at radius 3 is 2.65 bits per heavy atom. The van der Waals surface area contributed by atoms with Crippen molar-refractivity contribution in [1.82, 2.24) is 9.36 Å². The highest BCUT2D eigenvalue weighted by molar-refractivity contribution is 7.93. The van der Waals surface area contributed by atoms with Crippen molar-refractivity contribution >= 4 is 55.6 Å². The van der Waals surface area contributed by atoms with Crippen LogP contribution in [0, 0.1) is 11.6 Å². The van der Waals surface area contributed by atoms with E-state index in [4.69, 9.17) is 23.2 Å². The zero-order valence-corrected chi connectivity index (χ0v) is 19.4. The monoisotopic (exact) mass is 504 g/mol. The van der Waals surface area contributed by atoms with Crippen LogP contribution in [0.5, 0.6) is 0 Å². The third kappa shape index (κ3) is 4.09. The number of halogens is 4. The van der Waals surface area contributed by atoms with Gasteiger partial charge in [-0.2, -0.15) is 4.37 Å². The fourth-order valence-electron chi connectivity index (χ4n) is 3.72. The van der Waals surface area contributed by atoms with Crippen molar-refractivity contribution in [3.63, 3.8) is 0 Å². The highest BCUT2D eigenvalue weighted by atomic mass is 35.5. The van der Waals surface area contributed by atoms with Crippen LogP contribution in [0.15, 0.2) is 35.5 Å². The Morgan fingerprint density at radius 2 is 1.97 bits per heavy atom. The van der Waals surface area contributed by atoms with E-state index in [1.165, 1.54) is 12.4 Å². The molecule has 4 rings (SSSR count). The number of fused-ring (bicyclic) bond motifs is 1. The van der Waals surface area contributed by atoms with Crippen molar-refractivity contribution in [3.8, 4) is 0 Å². The van der Waals surface area contributed by atoms with Crippen molar-refractivity contribution in [2.45, 2.75) is 30.7 Å². The summed E-state index contributed by atoms with van der Waals surface area (Å²) in [5.41, 5.74) is 0.965. The average molecular weight is 505 g/mol. The van der Waals surface area contributed by atoms with Gasteiger partial charge in [0, 0.05) is 46.3 Å². The molecule has 1 aliphatic rings. The lowest BCUT2D eigenvalue weighted by Crippen LogP contribution is -2.28. The van der Waals surface area contributed by atoms with Gasteiger partial charge in [-0.15, -0.1) is 0 Å². The highest BCUT2D eigenvalue weighted by Crippen LogP contribution is 2.44. The van der Waals surface area contributed by atoms with Crippen molar-refractivity contribution in [1.29, 1.82) is 0 Å². The number of rotatable bonds is 5. The first-order chi connectivity index (χ1) is 14.5. The predicted molar refractivity (Wildman–Crippen MR) is 118 cm³/mol. The molecule has 0 saturated carbocycles. The van der Waals surface area contributed by atoms with Crippen LogP contribution in [-0.2, 0) is 22.0 Å². The van der Waals surface area contributed by atoms with Gasteiger partial charge in [-0.1, -0.05) is 37.0 Å². The number of aromatic nitrogens is 2. The molecule has 1 aliphatic heterocycles. The van der Waals surface area contributed by atoms with Gasteiger partial charge in [0.15, 0.2) is 0 Å². The summed E-state index contributed by atoms with van der Waals surface area (Å²) in [5.74, 6) is -1.44. The molecule has 0 fully saturated rings. The first kappa shape index (κ1) is 22.2. The molecule has 0 bridgehead atoms. The largest absolute Gasteiger partial charge is 0.366 e. The molecule has 0 spiro atoms. The van der Waals surface area contributed by atoms with E-state index in [-0.39, 0.29) is 21.7 Å². The first-order valence-electron chi connectivity index (χ1n) is 9.00. The zero-order valence-electron chi connectivity index (χ0n) is 16.3. The second kappa shape index (κ2) is 7.84. The molecule has 0 atom stereocenters. The topological polar surface area (TPSA) is 75.2 Å². The van der Waals surface area contributed by atoms with Crippen molar-refractivity contribution < 1.29 is 17.2 Å². The number of nitrogens with zero attached hydrogens (tertiary/aromatic N) is 3. The summed E-state index contributed by atoms with van der Waals surface area (Å²) in [4.78, 5) is 4.99. The molecular weight excluding hydrogens is 489 g/mol. The molecule has 0 aliphatic carbocycles. The molecule has 12 heteroatoms. The highest BCUT2D eigenvalue weighted by Gasteiger charge is 2.38. The van der Waals surface area contributed by atoms with Crippen LogP contribution in [0.2, 0.25) is 10.0 Å². The molecule has 1 aromatic heterocycles.